The van der Waals surface area contributed by atoms with Gasteiger partial charge in [0, 0.05) is 48.1 Å². The average Bonchev–Trinajstić information content (AvgIpc) is 3.10. The fraction of sp³-hybridized carbons (Fsp3) is 0.632. The lowest BCUT2D eigenvalue weighted by Gasteiger charge is -2.43. The number of aryl methyl sites for hydroxylation is 1. The highest BCUT2D eigenvalue weighted by atomic mass is 35.5. The van der Waals surface area contributed by atoms with Gasteiger partial charge in [-0.1, -0.05) is 42.6 Å². The van der Waals surface area contributed by atoms with Crippen molar-refractivity contribution >= 4 is 29.3 Å². The Morgan fingerprint density at radius 1 is 1.21 bits per heavy atom. The fourth-order valence-corrected chi connectivity index (χ4v) is 5.11. The average molecular weight is 367 g/mol. The van der Waals surface area contributed by atoms with E-state index in [1.54, 1.807) is 0 Å². The Kier molecular flexibility index (Phi) is 6.48. The van der Waals surface area contributed by atoms with Crippen LogP contribution < -0.4 is 5.32 Å². The van der Waals surface area contributed by atoms with Gasteiger partial charge in [-0.05, 0) is 30.9 Å². The lowest BCUT2D eigenvalue weighted by Crippen LogP contribution is -2.56. The minimum absolute atomic E-state index is 0.146. The third-order valence-electron chi connectivity index (χ3n) is 5.41. The monoisotopic (exact) mass is 366 g/mol. The van der Waals surface area contributed by atoms with E-state index in [9.17, 15) is 4.79 Å². The Morgan fingerprint density at radius 2 is 1.92 bits per heavy atom. The second-order valence-electron chi connectivity index (χ2n) is 6.90. The van der Waals surface area contributed by atoms with Gasteiger partial charge in [-0.25, -0.2) is 0 Å². The third-order valence-corrected chi connectivity index (χ3v) is 6.72. The van der Waals surface area contributed by atoms with E-state index in [0.717, 1.165) is 17.1 Å². The van der Waals surface area contributed by atoms with Crippen LogP contribution in [0.5, 0.6) is 0 Å². The Labute approximate surface area is 154 Å². The minimum atomic E-state index is 0.146. The van der Waals surface area contributed by atoms with Crippen LogP contribution in [-0.2, 0) is 11.2 Å². The zero-order chi connectivity index (χ0) is 16.8. The van der Waals surface area contributed by atoms with Crippen LogP contribution in [0.2, 0.25) is 5.02 Å². The molecule has 0 atom stereocenters. The largest absolute Gasteiger partial charge is 0.354 e. The number of carbonyl (C=O) groups is 1. The van der Waals surface area contributed by atoms with Crippen molar-refractivity contribution in [2.45, 2.75) is 44.1 Å². The van der Waals surface area contributed by atoms with E-state index < -0.39 is 0 Å². The number of rotatable bonds is 6. The topological polar surface area (TPSA) is 32.3 Å². The van der Waals surface area contributed by atoms with Gasteiger partial charge in [0.15, 0.2) is 0 Å². The highest BCUT2D eigenvalue weighted by molar-refractivity contribution is 7.99. The van der Waals surface area contributed by atoms with Crippen molar-refractivity contribution in [3.63, 3.8) is 0 Å². The van der Waals surface area contributed by atoms with Crippen LogP contribution in [0.15, 0.2) is 24.3 Å². The molecule has 1 N–H and O–H groups in total. The molecule has 0 bridgehead atoms. The first-order valence-electron chi connectivity index (χ1n) is 9.03. The van der Waals surface area contributed by atoms with Crippen LogP contribution in [-0.4, -0.2) is 47.5 Å². The maximum atomic E-state index is 12.3. The summed E-state index contributed by atoms with van der Waals surface area (Å²) >= 11 is 8.22. The first kappa shape index (κ1) is 18.1. The van der Waals surface area contributed by atoms with Gasteiger partial charge in [0.05, 0.1) is 0 Å². The number of benzene rings is 1. The second-order valence-corrected chi connectivity index (χ2v) is 8.53. The minimum Gasteiger partial charge on any atom is -0.354 e. The predicted octanol–water partition coefficient (Wildman–Crippen LogP) is 3.75. The summed E-state index contributed by atoms with van der Waals surface area (Å²) in [6.07, 6.45) is 6.25. The molecule has 1 heterocycles. The van der Waals surface area contributed by atoms with Crippen molar-refractivity contribution in [2.24, 2.45) is 0 Å². The Morgan fingerprint density at radius 3 is 2.62 bits per heavy atom. The maximum absolute atomic E-state index is 12.3. The first-order valence-corrected chi connectivity index (χ1v) is 10.6. The van der Waals surface area contributed by atoms with E-state index in [1.807, 2.05) is 36.0 Å². The van der Waals surface area contributed by atoms with Crippen LogP contribution in [0.1, 0.15) is 37.7 Å². The molecule has 1 aromatic carbocycles. The van der Waals surface area contributed by atoms with Gasteiger partial charge in [-0.2, -0.15) is 11.8 Å². The van der Waals surface area contributed by atoms with Gasteiger partial charge >= 0.3 is 0 Å². The van der Waals surface area contributed by atoms with E-state index in [-0.39, 0.29) is 11.4 Å². The number of halogens is 1. The summed E-state index contributed by atoms with van der Waals surface area (Å²) in [6.45, 7) is 3.14. The highest BCUT2D eigenvalue weighted by Crippen LogP contribution is 2.36. The molecule has 1 aromatic rings. The van der Waals surface area contributed by atoms with Crippen molar-refractivity contribution in [3.05, 3.63) is 34.9 Å². The van der Waals surface area contributed by atoms with Gasteiger partial charge in [0.25, 0.3) is 0 Å². The van der Waals surface area contributed by atoms with Gasteiger partial charge in [-0.15, -0.1) is 0 Å². The normalized spacial score (nSPS) is 20.9. The molecule has 0 radical (unpaired) electrons. The number of hydrogen-bond acceptors (Lipinski definition) is 3. The van der Waals surface area contributed by atoms with Crippen LogP contribution >= 0.6 is 23.4 Å². The quantitative estimate of drug-likeness (QED) is 0.832. The predicted molar refractivity (Wildman–Crippen MR) is 103 cm³/mol. The lowest BCUT2D eigenvalue weighted by molar-refractivity contribution is -0.121. The molecule has 2 fully saturated rings. The van der Waals surface area contributed by atoms with Crippen LogP contribution in [0.3, 0.4) is 0 Å². The van der Waals surface area contributed by atoms with E-state index in [1.165, 1.54) is 50.3 Å². The summed E-state index contributed by atoms with van der Waals surface area (Å²) in [6, 6.07) is 7.78. The molecule has 0 spiro atoms. The molecule has 24 heavy (non-hydrogen) atoms. The maximum Gasteiger partial charge on any atom is 0.220 e. The molecule has 3 nitrogen and oxygen atoms in total. The molecular weight excluding hydrogens is 340 g/mol. The molecule has 132 valence electrons. The molecular formula is C19H27ClN2OS. The zero-order valence-corrected chi connectivity index (χ0v) is 15.8. The van der Waals surface area contributed by atoms with Crippen molar-refractivity contribution in [1.82, 2.24) is 10.2 Å². The van der Waals surface area contributed by atoms with Gasteiger partial charge in [-0.3, -0.25) is 9.69 Å². The third kappa shape index (κ3) is 4.47. The van der Waals surface area contributed by atoms with Crippen molar-refractivity contribution < 1.29 is 4.79 Å². The standard InChI is InChI=1S/C19H27ClN2OS/c20-17-6-2-1-5-16(17)7-8-18(23)21-15-19(9-3-4-10-19)22-11-13-24-14-12-22/h1-2,5-6H,3-4,7-15H2,(H,21,23). The number of hydrogen-bond donors (Lipinski definition) is 1. The van der Waals surface area contributed by atoms with E-state index in [0.29, 0.717) is 12.8 Å². The molecule has 1 saturated carbocycles. The molecule has 1 aliphatic heterocycles. The smallest absolute Gasteiger partial charge is 0.220 e. The van der Waals surface area contributed by atoms with Gasteiger partial charge in [0.2, 0.25) is 5.91 Å². The Bertz CT molecular complexity index is 554. The number of nitrogens with zero attached hydrogens (tertiary/aromatic N) is 1. The zero-order valence-electron chi connectivity index (χ0n) is 14.2. The van der Waals surface area contributed by atoms with Gasteiger partial charge in [0.1, 0.15) is 0 Å². The summed E-state index contributed by atoms with van der Waals surface area (Å²) in [5.41, 5.74) is 1.26. The molecule has 1 amide bonds. The van der Waals surface area contributed by atoms with Crippen molar-refractivity contribution in [3.8, 4) is 0 Å². The molecule has 0 unspecified atom stereocenters. The molecule has 1 saturated heterocycles. The highest BCUT2D eigenvalue weighted by Gasteiger charge is 2.40. The summed E-state index contributed by atoms with van der Waals surface area (Å²) in [4.78, 5) is 15.0. The molecule has 1 aliphatic carbocycles. The lowest BCUT2D eigenvalue weighted by atomic mass is 9.94. The van der Waals surface area contributed by atoms with E-state index in [2.05, 4.69) is 10.2 Å². The summed E-state index contributed by atoms with van der Waals surface area (Å²) in [5.74, 6) is 2.59. The molecule has 5 heteroatoms. The van der Waals surface area contributed by atoms with Crippen LogP contribution in [0, 0.1) is 0 Å². The number of nitrogens with one attached hydrogen (secondary N) is 1. The van der Waals surface area contributed by atoms with Crippen molar-refractivity contribution in [1.29, 1.82) is 0 Å². The Hall–Kier alpha value is -0.710. The Balaban J connectivity index is 1.51. The van der Waals surface area contributed by atoms with Crippen LogP contribution in [0.25, 0.3) is 0 Å². The number of thioether (sulfide) groups is 1. The number of amides is 1. The number of carbonyl (C=O) groups excluding carboxylic acids is 1. The first-order chi connectivity index (χ1) is 11.7. The molecule has 3 rings (SSSR count). The summed E-state index contributed by atoms with van der Waals surface area (Å²) < 4.78 is 0. The van der Waals surface area contributed by atoms with E-state index >= 15 is 0 Å². The summed E-state index contributed by atoms with van der Waals surface area (Å²) in [5, 5.41) is 3.98. The summed E-state index contributed by atoms with van der Waals surface area (Å²) in [7, 11) is 0. The molecule has 2 aliphatic rings. The van der Waals surface area contributed by atoms with E-state index in [4.69, 9.17) is 11.6 Å². The fourth-order valence-electron chi connectivity index (χ4n) is 3.98. The van der Waals surface area contributed by atoms with Gasteiger partial charge < -0.3 is 5.32 Å². The van der Waals surface area contributed by atoms with Crippen molar-refractivity contribution in [2.75, 3.05) is 31.1 Å². The van der Waals surface area contributed by atoms with Crippen LogP contribution in [0.4, 0.5) is 0 Å². The second kappa shape index (κ2) is 8.59. The SMILES string of the molecule is O=C(CCc1ccccc1Cl)NCC1(N2CCSCC2)CCCC1. The molecule has 0 aromatic heterocycles.